The van der Waals surface area contributed by atoms with Crippen molar-refractivity contribution in [3.8, 4) is 0 Å². The van der Waals surface area contributed by atoms with Crippen LogP contribution in [-0.2, 0) is 6.42 Å². The first-order valence-corrected chi connectivity index (χ1v) is 8.16. The average Bonchev–Trinajstić information content (AvgIpc) is 2.86. The molecule has 1 fully saturated rings. The lowest BCUT2D eigenvalue weighted by Gasteiger charge is -2.29. The normalized spacial score (nSPS) is 22.6. The number of rotatable bonds is 6. The summed E-state index contributed by atoms with van der Waals surface area (Å²) in [5.41, 5.74) is 5.56. The van der Waals surface area contributed by atoms with Crippen molar-refractivity contribution in [2.24, 2.45) is 11.7 Å². The molecule has 19 heavy (non-hydrogen) atoms. The Labute approximate surface area is 119 Å². The van der Waals surface area contributed by atoms with Crippen molar-refractivity contribution in [2.45, 2.75) is 32.2 Å². The fourth-order valence-corrected chi connectivity index (χ4v) is 3.47. The number of hydrogen-bond acceptors (Lipinski definition) is 6. The Morgan fingerprint density at radius 3 is 3.11 bits per heavy atom. The molecule has 0 radical (unpaired) electrons. The molecule has 0 aliphatic carbocycles. The van der Waals surface area contributed by atoms with Crippen molar-refractivity contribution >= 4 is 11.8 Å². The van der Waals surface area contributed by atoms with E-state index >= 15 is 0 Å². The maximum atomic E-state index is 5.56. The van der Waals surface area contributed by atoms with Gasteiger partial charge in [0.15, 0.2) is 5.82 Å². The lowest BCUT2D eigenvalue weighted by atomic mass is 10.0. The van der Waals surface area contributed by atoms with E-state index < -0.39 is 0 Å². The number of nitrogens with two attached hydrogens (primary N) is 1. The van der Waals surface area contributed by atoms with Crippen LogP contribution < -0.4 is 5.73 Å². The van der Waals surface area contributed by atoms with E-state index in [-0.39, 0.29) is 0 Å². The highest BCUT2D eigenvalue weighted by Crippen LogP contribution is 2.26. The first kappa shape index (κ1) is 14.8. The van der Waals surface area contributed by atoms with Crippen molar-refractivity contribution < 1.29 is 4.52 Å². The molecule has 0 bridgehead atoms. The fraction of sp³-hybridized carbons (Fsp3) is 0.846. The molecule has 1 aromatic rings. The van der Waals surface area contributed by atoms with Gasteiger partial charge in [0.1, 0.15) is 0 Å². The third-order valence-electron chi connectivity index (χ3n) is 3.69. The van der Waals surface area contributed by atoms with Crippen LogP contribution >= 0.6 is 11.8 Å². The van der Waals surface area contributed by atoms with Gasteiger partial charge < -0.3 is 10.3 Å². The number of thioether (sulfide) groups is 1. The zero-order valence-electron chi connectivity index (χ0n) is 11.8. The Kier molecular flexibility index (Phi) is 5.66. The Bertz CT molecular complexity index is 384. The monoisotopic (exact) mass is 284 g/mol. The Morgan fingerprint density at radius 2 is 2.37 bits per heavy atom. The van der Waals surface area contributed by atoms with Crippen LogP contribution in [0.4, 0.5) is 0 Å². The molecule has 2 heterocycles. The van der Waals surface area contributed by atoms with E-state index in [2.05, 4.69) is 29.0 Å². The maximum absolute atomic E-state index is 5.56. The van der Waals surface area contributed by atoms with Crippen molar-refractivity contribution in [3.05, 3.63) is 11.7 Å². The molecule has 0 spiro atoms. The third-order valence-corrected chi connectivity index (χ3v) is 4.71. The van der Waals surface area contributed by atoms with Crippen molar-refractivity contribution in [2.75, 3.05) is 31.6 Å². The molecule has 2 unspecified atom stereocenters. The Balaban J connectivity index is 1.87. The standard InChI is InChI=1S/C13H24N4OS/c1-10(5-6-14)3-4-12-15-13(16-18-12)11-9-19-8-7-17(11)2/h10-11H,3-9,14H2,1-2H3. The van der Waals surface area contributed by atoms with Gasteiger partial charge in [0, 0.05) is 24.5 Å². The predicted molar refractivity (Wildman–Crippen MR) is 78.2 cm³/mol. The maximum Gasteiger partial charge on any atom is 0.226 e. The number of aromatic nitrogens is 2. The summed E-state index contributed by atoms with van der Waals surface area (Å²) >= 11 is 1.96. The molecule has 2 rings (SSSR count). The lowest BCUT2D eigenvalue weighted by Crippen LogP contribution is -2.33. The highest BCUT2D eigenvalue weighted by Gasteiger charge is 2.25. The van der Waals surface area contributed by atoms with Crippen LogP contribution in [0.25, 0.3) is 0 Å². The van der Waals surface area contributed by atoms with Crippen LogP contribution in [0, 0.1) is 5.92 Å². The first-order chi connectivity index (χ1) is 9.20. The van der Waals surface area contributed by atoms with E-state index in [9.17, 15) is 0 Å². The Hall–Kier alpha value is -0.590. The van der Waals surface area contributed by atoms with E-state index in [1.807, 2.05) is 11.8 Å². The largest absolute Gasteiger partial charge is 0.339 e. The number of nitrogens with zero attached hydrogens (tertiary/aromatic N) is 3. The van der Waals surface area contributed by atoms with E-state index in [0.29, 0.717) is 12.0 Å². The topological polar surface area (TPSA) is 68.2 Å². The van der Waals surface area contributed by atoms with Crippen LogP contribution in [-0.4, -0.2) is 46.7 Å². The zero-order valence-corrected chi connectivity index (χ0v) is 12.7. The van der Waals surface area contributed by atoms with E-state index in [0.717, 1.165) is 49.8 Å². The molecule has 1 aromatic heterocycles. The SMILES string of the molecule is CC(CCN)CCc1nc(C2CSCCN2C)no1. The molecule has 1 aliphatic heterocycles. The summed E-state index contributed by atoms with van der Waals surface area (Å²) in [5.74, 6) is 4.47. The molecule has 2 N–H and O–H groups in total. The van der Waals surface area contributed by atoms with Crippen LogP contribution in [0.2, 0.25) is 0 Å². The summed E-state index contributed by atoms with van der Waals surface area (Å²) in [6.45, 7) is 4.06. The van der Waals surface area contributed by atoms with Crippen molar-refractivity contribution in [1.29, 1.82) is 0 Å². The van der Waals surface area contributed by atoms with Gasteiger partial charge in [0.05, 0.1) is 6.04 Å². The predicted octanol–water partition coefficient (Wildman–Crippen LogP) is 1.71. The van der Waals surface area contributed by atoms with Gasteiger partial charge >= 0.3 is 0 Å². The highest BCUT2D eigenvalue weighted by atomic mass is 32.2. The zero-order chi connectivity index (χ0) is 13.7. The van der Waals surface area contributed by atoms with Gasteiger partial charge in [-0.1, -0.05) is 12.1 Å². The summed E-state index contributed by atoms with van der Waals surface area (Å²) in [5, 5.41) is 4.15. The highest BCUT2D eigenvalue weighted by molar-refractivity contribution is 7.99. The molecule has 0 aromatic carbocycles. The molecule has 0 amide bonds. The second-order valence-electron chi connectivity index (χ2n) is 5.34. The smallest absolute Gasteiger partial charge is 0.226 e. The van der Waals surface area contributed by atoms with Crippen molar-refractivity contribution in [3.63, 3.8) is 0 Å². The molecule has 1 saturated heterocycles. The van der Waals surface area contributed by atoms with Crippen molar-refractivity contribution in [1.82, 2.24) is 15.0 Å². The van der Waals surface area contributed by atoms with Crippen LogP contribution in [0.5, 0.6) is 0 Å². The molecule has 2 atom stereocenters. The van der Waals surface area contributed by atoms with Crippen LogP contribution in [0.1, 0.15) is 37.5 Å². The molecule has 6 heteroatoms. The summed E-state index contributed by atoms with van der Waals surface area (Å²) in [6, 6.07) is 0.303. The summed E-state index contributed by atoms with van der Waals surface area (Å²) in [7, 11) is 2.13. The van der Waals surface area contributed by atoms with Gasteiger partial charge in [0.25, 0.3) is 0 Å². The molecule has 1 aliphatic rings. The fourth-order valence-electron chi connectivity index (χ4n) is 2.26. The van der Waals surface area contributed by atoms with E-state index in [1.54, 1.807) is 0 Å². The van der Waals surface area contributed by atoms with Crippen LogP contribution in [0.3, 0.4) is 0 Å². The molecule has 5 nitrogen and oxygen atoms in total. The molecule has 0 saturated carbocycles. The average molecular weight is 284 g/mol. The molecular weight excluding hydrogens is 260 g/mol. The van der Waals surface area contributed by atoms with Gasteiger partial charge in [-0.2, -0.15) is 16.7 Å². The third kappa shape index (κ3) is 4.19. The van der Waals surface area contributed by atoms with Gasteiger partial charge in [-0.3, -0.25) is 4.90 Å². The van der Waals surface area contributed by atoms with Gasteiger partial charge in [-0.05, 0) is 32.4 Å². The van der Waals surface area contributed by atoms with Gasteiger partial charge in [-0.15, -0.1) is 0 Å². The van der Waals surface area contributed by atoms with E-state index in [4.69, 9.17) is 10.3 Å². The molecular formula is C13H24N4OS. The second kappa shape index (κ2) is 7.26. The minimum Gasteiger partial charge on any atom is -0.339 e. The minimum atomic E-state index is 0.303. The van der Waals surface area contributed by atoms with Crippen LogP contribution in [0.15, 0.2) is 4.52 Å². The van der Waals surface area contributed by atoms with Gasteiger partial charge in [-0.25, -0.2) is 0 Å². The number of aryl methyl sites for hydroxylation is 1. The van der Waals surface area contributed by atoms with Gasteiger partial charge in [0.2, 0.25) is 5.89 Å². The summed E-state index contributed by atoms with van der Waals surface area (Å²) in [6.07, 6.45) is 2.98. The second-order valence-corrected chi connectivity index (χ2v) is 6.49. The quantitative estimate of drug-likeness (QED) is 0.857. The van der Waals surface area contributed by atoms with E-state index in [1.165, 1.54) is 5.75 Å². The Morgan fingerprint density at radius 1 is 1.53 bits per heavy atom. The summed E-state index contributed by atoms with van der Waals surface area (Å²) < 4.78 is 5.37. The molecule has 108 valence electrons. The number of hydrogen-bond donors (Lipinski definition) is 1. The minimum absolute atomic E-state index is 0.303. The lowest BCUT2D eigenvalue weighted by molar-refractivity contribution is 0.256. The summed E-state index contributed by atoms with van der Waals surface area (Å²) in [4.78, 5) is 6.86. The first-order valence-electron chi connectivity index (χ1n) is 7.01.